The third kappa shape index (κ3) is 2.56. The van der Waals surface area contributed by atoms with E-state index < -0.39 is 10.0 Å². The van der Waals surface area contributed by atoms with E-state index in [0.717, 1.165) is 24.1 Å². The van der Waals surface area contributed by atoms with Gasteiger partial charge in [-0.05, 0) is 43.7 Å². The Kier molecular flexibility index (Phi) is 3.73. The Hall–Kier alpha value is -1.79. The lowest BCUT2D eigenvalue weighted by atomic mass is 10.0. The Labute approximate surface area is 124 Å². The Balaban J connectivity index is 1.99. The lowest BCUT2D eigenvalue weighted by Crippen LogP contribution is -2.35. The van der Waals surface area contributed by atoms with E-state index in [-0.39, 0.29) is 5.09 Å². The van der Waals surface area contributed by atoms with Gasteiger partial charge in [-0.3, -0.25) is 4.31 Å². The van der Waals surface area contributed by atoms with Gasteiger partial charge >= 0.3 is 0 Å². The van der Waals surface area contributed by atoms with Gasteiger partial charge in [0.15, 0.2) is 0 Å². The molecule has 1 aliphatic heterocycles. The summed E-state index contributed by atoms with van der Waals surface area (Å²) in [6, 6.07) is 10.8. The molecule has 1 N–H and O–H groups in total. The van der Waals surface area contributed by atoms with Crippen LogP contribution in [0.1, 0.15) is 17.7 Å². The summed E-state index contributed by atoms with van der Waals surface area (Å²) in [6.07, 6.45) is 1.73. The molecule has 0 saturated heterocycles. The number of nitrogens with one attached hydrogen (secondary N) is 1. The zero-order valence-electron chi connectivity index (χ0n) is 11.9. The lowest BCUT2D eigenvalue weighted by Gasteiger charge is -2.29. The monoisotopic (exact) mass is 306 g/mol. The molecule has 0 atom stereocenters. The number of hydrogen-bond donors (Lipinski definition) is 1. The Morgan fingerprint density at radius 3 is 2.86 bits per heavy atom. The summed E-state index contributed by atoms with van der Waals surface area (Å²) in [7, 11) is -1.84. The maximum atomic E-state index is 12.8. The largest absolute Gasteiger partial charge is 0.446 e. The molecule has 2 heterocycles. The number of aryl methyl sites for hydroxylation is 1. The fourth-order valence-corrected chi connectivity index (χ4v) is 4.10. The molecule has 1 aromatic carbocycles. The van der Waals surface area contributed by atoms with Crippen LogP contribution in [0, 0.1) is 0 Å². The van der Waals surface area contributed by atoms with Crippen LogP contribution in [0.3, 0.4) is 0 Å². The van der Waals surface area contributed by atoms with Crippen molar-refractivity contribution < 1.29 is 12.8 Å². The van der Waals surface area contributed by atoms with Crippen LogP contribution in [0.4, 0.5) is 5.69 Å². The first kappa shape index (κ1) is 14.2. The quantitative estimate of drug-likeness (QED) is 0.940. The van der Waals surface area contributed by atoms with Crippen molar-refractivity contribution in [3.05, 3.63) is 47.7 Å². The molecule has 6 heteroatoms. The predicted octanol–water partition coefficient (Wildman–Crippen LogP) is 2.14. The van der Waals surface area contributed by atoms with Crippen LogP contribution in [0.15, 0.2) is 45.9 Å². The predicted molar refractivity (Wildman–Crippen MR) is 80.8 cm³/mol. The first-order valence-electron chi connectivity index (χ1n) is 6.97. The molecule has 0 fully saturated rings. The average molecular weight is 306 g/mol. The molecule has 112 valence electrons. The molecule has 0 aliphatic carbocycles. The SMILES string of the molecule is CNCc1ccc(S(=O)(=O)N2CCCc3ccccc32)o1. The lowest BCUT2D eigenvalue weighted by molar-refractivity contribution is 0.406. The number of benzene rings is 1. The van der Waals surface area contributed by atoms with Crippen LogP contribution in [-0.4, -0.2) is 22.0 Å². The van der Waals surface area contributed by atoms with Gasteiger partial charge in [0.25, 0.3) is 10.0 Å². The number of para-hydroxylation sites is 1. The molecule has 5 nitrogen and oxygen atoms in total. The fourth-order valence-electron chi connectivity index (χ4n) is 2.62. The van der Waals surface area contributed by atoms with Crippen LogP contribution >= 0.6 is 0 Å². The van der Waals surface area contributed by atoms with Gasteiger partial charge in [0.2, 0.25) is 5.09 Å². The molecule has 0 spiro atoms. The summed E-state index contributed by atoms with van der Waals surface area (Å²) in [4.78, 5) is 0. The van der Waals surface area contributed by atoms with Gasteiger partial charge in [-0.2, -0.15) is 8.42 Å². The van der Waals surface area contributed by atoms with Crippen LogP contribution < -0.4 is 9.62 Å². The summed E-state index contributed by atoms with van der Waals surface area (Å²) >= 11 is 0. The number of furan rings is 1. The van der Waals surface area contributed by atoms with Crippen molar-refractivity contribution in [2.45, 2.75) is 24.5 Å². The number of hydrogen-bond acceptors (Lipinski definition) is 4. The summed E-state index contributed by atoms with van der Waals surface area (Å²) in [6.45, 7) is 0.994. The number of anilines is 1. The summed E-state index contributed by atoms with van der Waals surface area (Å²) in [5.41, 5.74) is 1.82. The van der Waals surface area contributed by atoms with Crippen molar-refractivity contribution in [3.8, 4) is 0 Å². The molecule has 0 bridgehead atoms. The van der Waals surface area contributed by atoms with Crippen LogP contribution in [0.25, 0.3) is 0 Å². The number of sulfonamides is 1. The van der Waals surface area contributed by atoms with Crippen LogP contribution in [0.2, 0.25) is 0 Å². The highest BCUT2D eigenvalue weighted by molar-refractivity contribution is 7.92. The molecule has 0 saturated carbocycles. The summed E-state index contributed by atoms with van der Waals surface area (Å²) in [5.74, 6) is 0.612. The molecule has 21 heavy (non-hydrogen) atoms. The van der Waals surface area contributed by atoms with E-state index in [1.807, 2.05) is 24.3 Å². The van der Waals surface area contributed by atoms with E-state index in [1.165, 1.54) is 10.4 Å². The van der Waals surface area contributed by atoms with Crippen molar-refractivity contribution in [1.82, 2.24) is 5.32 Å². The van der Waals surface area contributed by atoms with Crippen molar-refractivity contribution in [3.63, 3.8) is 0 Å². The number of rotatable bonds is 4. The molecule has 3 rings (SSSR count). The maximum absolute atomic E-state index is 12.8. The van der Waals surface area contributed by atoms with Crippen molar-refractivity contribution >= 4 is 15.7 Å². The minimum Gasteiger partial charge on any atom is -0.446 e. The van der Waals surface area contributed by atoms with Crippen molar-refractivity contribution in [2.24, 2.45) is 0 Å². The van der Waals surface area contributed by atoms with Crippen molar-refractivity contribution in [1.29, 1.82) is 0 Å². The zero-order chi connectivity index (χ0) is 14.9. The van der Waals surface area contributed by atoms with Crippen molar-refractivity contribution in [2.75, 3.05) is 17.9 Å². The molecule has 0 amide bonds. The second-order valence-electron chi connectivity index (χ2n) is 5.06. The summed E-state index contributed by atoms with van der Waals surface area (Å²) in [5, 5.41) is 2.95. The minimum atomic E-state index is -3.63. The molecule has 2 aromatic rings. The van der Waals surface area contributed by atoms with Gasteiger partial charge in [0, 0.05) is 6.54 Å². The Bertz CT molecular complexity index is 737. The normalized spacial score (nSPS) is 15.0. The molecule has 1 aliphatic rings. The van der Waals surface area contributed by atoms with E-state index in [1.54, 1.807) is 13.1 Å². The molecule has 1 aromatic heterocycles. The average Bonchev–Trinajstić information content (AvgIpc) is 2.96. The highest BCUT2D eigenvalue weighted by Crippen LogP contribution is 2.32. The molecular formula is C15H18N2O3S. The highest BCUT2D eigenvalue weighted by Gasteiger charge is 2.31. The van der Waals surface area contributed by atoms with E-state index >= 15 is 0 Å². The molecule has 0 unspecified atom stereocenters. The third-order valence-corrected chi connectivity index (χ3v) is 5.29. The van der Waals surface area contributed by atoms with Gasteiger partial charge in [0.05, 0.1) is 12.2 Å². The Morgan fingerprint density at radius 1 is 1.24 bits per heavy atom. The second kappa shape index (κ2) is 5.54. The van der Waals surface area contributed by atoms with Crippen LogP contribution in [-0.2, 0) is 23.0 Å². The number of fused-ring (bicyclic) bond motifs is 1. The topological polar surface area (TPSA) is 62.6 Å². The van der Waals surface area contributed by atoms with Gasteiger partial charge in [-0.25, -0.2) is 0 Å². The molecule has 0 radical (unpaired) electrons. The second-order valence-corrected chi connectivity index (χ2v) is 6.85. The maximum Gasteiger partial charge on any atom is 0.297 e. The standard InChI is InChI=1S/C15H18N2O3S/c1-16-11-13-8-9-15(20-13)21(18,19)17-10-4-6-12-5-2-3-7-14(12)17/h2-3,5,7-9,16H,4,6,10-11H2,1H3. The number of nitrogens with zero attached hydrogens (tertiary/aromatic N) is 1. The first-order chi connectivity index (χ1) is 10.1. The highest BCUT2D eigenvalue weighted by atomic mass is 32.2. The van der Waals surface area contributed by atoms with Gasteiger partial charge in [0.1, 0.15) is 5.76 Å². The molecular weight excluding hydrogens is 288 g/mol. The van der Waals surface area contributed by atoms with Gasteiger partial charge in [-0.1, -0.05) is 18.2 Å². The third-order valence-electron chi connectivity index (χ3n) is 3.60. The zero-order valence-corrected chi connectivity index (χ0v) is 12.7. The van der Waals surface area contributed by atoms with Crippen LogP contribution in [0.5, 0.6) is 0 Å². The van der Waals surface area contributed by atoms with E-state index in [2.05, 4.69) is 5.32 Å². The summed E-state index contributed by atoms with van der Waals surface area (Å²) < 4.78 is 32.5. The van der Waals surface area contributed by atoms with Gasteiger partial charge < -0.3 is 9.73 Å². The van der Waals surface area contributed by atoms with E-state index in [4.69, 9.17) is 4.42 Å². The van der Waals surface area contributed by atoms with Gasteiger partial charge in [-0.15, -0.1) is 0 Å². The van der Waals surface area contributed by atoms with E-state index in [9.17, 15) is 8.42 Å². The smallest absolute Gasteiger partial charge is 0.297 e. The first-order valence-corrected chi connectivity index (χ1v) is 8.41. The Morgan fingerprint density at radius 2 is 2.05 bits per heavy atom. The fraction of sp³-hybridized carbons (Fsp3) is 0.333. The minimum absolute atomic E-state index is 0.00412. The van der Waals surface area contributed by atoms with E-state index in [0.29, 0.717) is 18.8 Å².